The second-order valence-electron chi connectivity index (χ2n) is 2.71. The lowest BCUT2D eigenvalue weighted by atomic mass is 10.1. The van der Waals surface area contributed by atoms with Gasteiger partial charge in [-0.15, -0.1) is 0 Å². The Morgan fingerprint density at radius 1 is 1.47 bits per heavy atom. The van der Waals surface area contributed by atoms with Crippen LogP contribution in [0.1, 0.15) is 17.3 Å². The number of Topliss-reactive ketones (excluding diaryl/α,β-unsaturated/α-hetero) is 1. The van der Waals surface area contributed by atoms with Gasteiger partial charge in [0, 0.05) is 5.02 Å². The Labute approximate surface area is 91.4 Å². The van der Waals surface area contributed by atoms with Crippen LogP contribution in [-0.4, -0.2) is 23.5 Å². The van der Waals surface area contributed by atoms with Crippen LogP contribution < -0.4 is 0 Å². The maximum Gasteiger partial charge on any atom is 0.379 e. The smallest absolute Gasteiger partial charge is 0.379 e. The molecule has 0 bridgehead atoms. The van der Waals surface area contributed by atoms with E-state index in [1.165, 1.54) is 18.2 Å². The highest BCUT2D eigenvalue weighted by atomic mass is 35.5. The maximum absolute atomic E-state index is 11.4. The summed E-state index contributed by atoms with van der Waals surface area (Å²) >= 11 is 5.57. The zero-order chi connectivity index (χ0) is 11.4. The van der Waals surface area contributed by atoms with E-state index in [0.29, 0.717) is 0 Å². The number of ether oxygens (including phenoxy) is 1. The summed E-state index contributed by atoms with van der Waals surface area (Å²) in [5, 5.41) is 9.65. The van der Waals surface area contributed by atoms with E-state index in [0.717, 1.165) is 0 Å². The summed E-state index contributed by atoms with van der Waals surface area (Å²) in [5.41, 5.74) is -0.113. The molecule has 0 radical (unpaired) electrons. The molecule has 5 heteroatoms. The molecular weight excluding hydrogens is 220 g/mol. The van der Waals surface area contributed by atoms with Crippen molar-refractivity contribution < 1.29 is 19.4 Å². The van der Waals surface area contributed by atoms with Gasteiger partial charge in [-0.3, -0.25) is 4.79 Å². The zero-order valence-corrected chi connectivity index (χ0v) is 8.75. The molecule has 1 aromatic rings. The number of halogens is 1. The third-order valence-electron chi connectivity index (χ3n) is 1.67. The average Bonchev–Trinajstić information content (AvgIpc) is 2.17. The van der Waals surface area contributed by atoms with E-state index in [9.17, 15) is 14.7 Å². The zero-order valence-electron chi connectivity index (χ0n) is 7.99. The summed E-state index contributed by atoms with van der Waals surface area (Å²) in [5.74, 6) is -2.21. The Hall–Kier alpha value is -1.55. The van der Waals surface area contributed by atoms with Gasteiger partial charge in [-0.25, -0.2) is 4.79 Å². The molecule has 4 nitrogen and oxygen atoms in total. The quantitative estimate of drug-likeness (QED) is 0.487. The summed E-state index contributed by atoms with van der Waals surface area (Å²) in [6, 6.07) is 3.87. The van der Waals surface area contributed by atoms with Crippen molar-refractivity contribution in [3.8, 4) is 5.75 Å². The van der Waals surface area contributed by atoms with Crippen LogP contribution in [-0.2, 0) is 9.53 Å². The van der Waals surface area contributed by atoms with Gasteiger partial charge in [-0.1, -0.05) is 11.6 Å². The molecule has 0 aliphatic rings. The molecule has 0 spiro atoms. The molecule has 0 aliphatic heterocycles. The van der Waals surface area contributed by atoms with Crippen molar-refractivity contribution in [3.05, 3.63) is 28.8 Å². The second kappa shape index (κ2) is 4.79. The molecule has 0 saturated carbocycles. The van der Waals surface area contributed by atoms with E-state index in [2.05, 4.69) is 4.74 Å². The number of hydrogen-bond donors (Lipinski definition) is 1. The third-order valence-corrected chi connectivity index (χ3v) is 1.90. The number of esters is 1. The topological polar surface area (TPSA) is 63.6 Å². The number of rotatable bonds is 3. The fraction of sp³-hybridized carbons (Fsp3) is 0.200. The van der Waals surface area contributed by atoms with E-state index in [-0.39, 0.29) is 22.9 Å². The van der Waals surface area contributed by atoms with Crippen molar-refractivity contribution in [2.45, 2.75) is 6.92 Å². The number of carbonyl (C=O) groups excluding carboxylic acids is 2. The van der Waals surface area contributed by atoms with Gasteiger partial charge in [0.15, 0.2) is 0 Å². The highest BCUT2D eigenvalue weighted by Crippen LogP contribution is 2.22. The standard InChI is InChI=1S/C10H9ClO4/c1-2-15-10(14)9(13)7-4-3-6(11)5-8(7)12/h3-5,12H,2H2,1H3. The predicted molar refractivity (Wildman–Crippen MR) is 54.1 cm³/mol. The molecule has 0 saturated heterocycles. The van der Waals surface area contributed by atoms with Crippen LogP contribution in [0.25, 0.3) is 0 Å². The molecule has 0 aliphatic carbocycles. The van der Waals surface area contributed by atoms with Crippen molar-refractivity contribution in [3.63, 3.8) is 0 Å². The predicted octanol–water partition coefficient (Wildman–Crippen LogP) is 1.79. The number of phenols is 1. The Bertz CT molecular complexity index is 400. The first-order valence-electron chi connectivity index (χ1n) is 4.26. The van der Waals surface area contributed by atoms with Crippen LogP contribution in [0.4, 0.5) is 0 Å². The van der Waals surface area contributed by atoms with Crippen molar-refractivity contribution >= 4 is 23.4 Å². The first-order chi connectivity index (χ1) is 7.06. The van der Waals surface area contributed by atoms with Crippen LogP contribution in [0, 0.1) is 0 Å². The van der Waals surface area contributed by atoms with E-state index >= 15 is 0 Å². The van der Waals surface area contributed by atoms with Crippen LogP contribution in [0.15, 0.2) is 18.2 Å². The highest BCUT2D eigenvalue weighted by molar-refractivity contribution is 6.41. The van der Waals surface area contributed by atoms with Gasteiger partial charge < -0.3 is 9.84 Å². The lowest BCUT2D eigenvalue weighted by molar-refractivity contribution is -0.137. The van der Waals surface area contributed by atoms with Crippen LogP contribution in [0.3, 0.4) is 0 Å². The molecule has 0 atom stereocenters. The second-order valence-corrected chi connectivity index (χ2v) is 3.15. The number of phenolic OH excluding ortho intramolecular Hbond substituents is 1. The first-order valence-corrected chi connectivity index (χ1v) is 4.64. The SMILES string of the molecule is CCOC(=O)C(=O)c1ccc(Cl)cc1O. The molecule has 0 amide bonds. The molecule has 15 heavy (non-hydrogen) atoms. The fourth-order valence-corrected chi connectivity index (χ4v) is 1.17. The molecule has 1 N–H and O–H groups in total. The minimum Gasteiger partial charge on any atom is -0.507 e. The van der Waals surface area contributed by atoms with Crippen LogP contribution >= 0.6 is 11.6 Å². The lowest BCUT2D eigenvalue weighted by Gasteiger charge is -2.03. The first kappa shape index (κ1) is 11.5. The number of benzene rings is 1. The summed E-state index contributed by atoms with van der Waals surface area (Å²) in [7, 11) is 0. The van der Waals surface area contributed by atoms with Gasteiger partial charge in [0.05, 0.1) is 12.2 Å². The Morgan fingerprint density at radius 2 is 2.13 bits per heavy atom. The summed E-state index contributed by atoms with van der Waals surface area (Å²) in [4.78, 5) is 22.5. The number of carbonyl (C=O) groups is 2. The summed E-state index contributed by atoms with van der Waals surface area (Å²) in [6.07, 6.45) is 0. The van der Waals surface area contributed by atoms with Gasteiger partial charge in [0.1, 0.15) is 5.75 Å². The molecule has 1 rings (SSSR count). The maximum atomic E-state index is 11.4. The van der Waals surface area contributed by atoms with Gasteiger partial charge in [-0.05, 0) is 25.1 Å². The van der Waals surface area contributed by atoms with Gasteiger partial charge >= 0.3 is 5.97 Å². The fourth-order valence-electron chi connectivity index (χ4n) is 1.00. The molecule has 0 aromatic heterocycles. The Morgan fingerprint density at radius 3 is 2.67 bits per heavy atom. The number of ketones is 1. The monoisotopic (exact) mass is 228 g/mol. The van der Waals surface area contributed by atoms with E-state index < -0.39 is 11.8 Å². The third kappa shape index (κ3) is 2.70. The minimum atomic E-state index is -0.991. The lowest BCUT2D eigenvalue weighted by Crippen LogP contribution is -2.17. The molecule has 0 heterocycles. The van der Waals surface area contributed by atoms with Crippen molar-refractivity contribution in [1.82, 2.24) is 0 Å². The largest absolute Gasteiger partial charge is 0.507 e. The molecule has 1 aromatic carbocycles. The molecule has 0 fully saturated rings. The summed E-state index contributed by atoms with van der Waals surface area (Å²) in [6.45, 7) is 1.70. The minimum absolute atomic E-state index is 0.110. The highest BCUT2D eigenvalue weighted by Gasteiger charge is 2.20. The number of hydrogen-bond acceptors (Lipinski definition) is 4. The number of aromatic hydroxyl groups is 1. The summed E-state index contributed by atoms with van der Waals surface area (Å²) < 4.78 is 4.51. The molecule has 80 valence electrons. The Kier molecular flexibility index (Phi) is 3.68. The van der Waals surface area contributed by atoms with Gasteiger partial charge in [0.25, 0.3) is 5.78 Å². The van der Waals surface area contributed by atoms with Gasteiger partial charge in [-0.2, -0.15) is 0 Å². The average molecular weight is 229 g/mol. The van der Waals surface area contributed by atoms with E-state index in [4.69, 9.17) is 11.6 Å². The van der Waals surface area contributed by atoms with Crippen molar-refractivity contribution in [2.75, 3.05) is 6.61 Å². The van der Waals surface area contributed by atoms with Crippen LogP contribution in [0.5, 0.6) is 5.75 Å². The molecular formula is C10H9ClO4. The van der Waals surface area contributed by atoms with Crippen molar-refractivity contribution in [2.24, 2.45) is 0 Å². The van der Waals surface area contributed by atoms with E-state index in [1.807, 2.05) is 0 Å². The normalized spacial score (nSPS) is 9.73. The van der Waals surface area contributed by atoms with E-state index in [1.54, 1.807) is 6.92 Å². The van der Waals surface area contributed by atoms with Crippen LogP contribution in [0.2, 0.25) is 5.02 Å². The van der Waals surface area contributed by atoms with Gasteiger partial charge in [0.2, 0.25) is 0 Å². The van der Waals surface area contributed by atoms with Crippen molar-refractivity contribution in [1.29, 1.82) is 0 Å². The Balaban J connectivity index is 2.96. The molecule has 0 unspecified atom stereocenters.